The molecule has 3 heteroatoms. The molecule has 1 heterocycles. The molecule has 1 fully saturated rings. The average molecular weight is 299 g/mol. The van der Waals surface area contributed by atoms with Gasteiger partial charge in [-0.05, 0) is 51.3 Å². The van der Waals surface area contributed by atoms with Crippen LogP contribution in [0.1, 0.15) is 42.2 Å². The molecule has 94 valence electrons. The van der Waals surface area contributed by atoms with Gasteiger partial charge in [-0.1, -0.05) is 15.9 Å². The lowest BCUT2D eigenvalue weighted by Gasteiger charge is -2.18. The molecule has 0 spiro atoms. The van der Waals surface area contributed by atoms with E-state index in [0.29, 0.717) is 0 Å². The Kier molecular flexibility index (Phi) is 3.03. The van der Waals surface area contributed by atoms with Crippen molar-refractivity contribution < 1.29 is 9.47 Å². The van der Waals surface area contributed by atoms with E-state index in [1.165, 1.54) is 22.3 Å². The summed E-state index contributed by atoms with van der Waals surface area (Å²) in [6.07, 6.45) is 0.146. The molecule has 1 aromatic rings. The molecule has 2 rings (SSSR count). The van der Waals surface area contributed by atoms with Crippen LogP contribution >= 0.6 is 15.9 Å². The Morgan fingerprint density at radius 2 is 1.65 bits per heavy atom. The van der Waals surface area contributed by atoms with Gasteiger partial charge in [0.25, 0.3) is 0 Å². The van der Waals surface area contributed by atoms with Crippen molar-refractivity contribution in [2.75, 3.05) is 7.11 Å². The van der Waals surface area contributed by atoms with Gasteiger partial charge in [0.1, 0.15) is 11.9 Å². The summed E-state index contributed by atoms with van der Waals surface area (Å²) >= 11 is 3.67. The van der Waals surface area contributed by atoms with Crippen molar-refractivity contribution in [1.82, 2.24) is 0 Å². The summed E-state index contributed by atoms with van der Waals surface area (Å²) in [4.78, 5) is 0. The second-order valence-corrected chi connectivity index (χ2v) is 6.03. The van der Waals surface area contributed by atoms with Gasteiger partial charge in [-0.3, -0.25) is 0 Å². The maximum Gasteiger partial charge on any atom is 0.128 e. The number of epoxide rings is 1. The fourth-order valence-electron chi connectivity index (χ4n) is 2.36. The molecule has 1 unspecified atom stereocenters. The first-order valence-corrected chi connectivity index (χ1v) is 6.61. The molecular formula is C14H19BrO2. The van der Waals surface area contributed by atoms with E-state index in [1.807, 2.05) is 0 Å². The first kappa shape index (κ1) is 12.9. The lowest BCUT2D eigenvalue weighted by atomic mass is 9.93. The zero-order valence-electron chi connectivity index (χ0n) is 11.3. The Labute approximate surface area is 111 Å². The highest BCUT2D eigenvalue weighted by molar-refractivity contribution is 9.10. The molecule has 17 heavy (non-hydrogen) atoms. The number of methoxy groups -OCH3 is 1. The van der Waals surface area contributed by atoms with Gasteiger partial charge in [0.2, 0.25) is 0 Å². The van der Waals surface area contributed by atoms with Crippen molar-refractivity contribution >= 4 is 15.9 Å². The smallest absolute Gasteiger partial charge is 0.128 e. The van der Waals surface area contributed by atoms with Crippen molar-refractivity contribution in [1.29, 1.82) is 0 Å². The Morgan fingerprint density at radius 1 is 1.12 bits per heavy atom. The summed E-state index contributed by atoms with van der Waals surface area (Å²) in [7, 11) is 1.73. The predicted octanol–water partition coefficient (Wildman–Crippen LogP) is 4.23. The van der Waals surface area contributed by atoms with E-state index >= 15 is 0 Å². The lowest BCUT2D eigenvalue weighted by molar-refractivity contribution is 0.321. The number of hydrogen-bond acceptors (Lipinski definition) is 2. The lowest BCUT2D eigenvalue weighted by Crippen LogP contribution is -2.05. The van der Waals surface area contributed by atoms with Gasteiger partial charge in [0.05, 0.1) is 12.7 Å². The maximum atomic E-state index is 5.76. The molecule has 1 atom stereocenters. The van der Waals surface area contributed by atoms with Crippen molar-refractivity contribution in [3.8, 4) is 5.75 Å². The molecule has 0 bridgehead atoms. The minimum atomic E-state index is -0.0703. The van der Waals surface area contributed by atoms with E-state index in [4.69, 9.17) is 9.47 Å². The first-order valence-electron chi connectivity index (χ1n) is 5.82. The zero-order chi connectivity index (χ0) is 13.0. The predicted molar refractivity (Wildman–Crippen MR) is 72.8 cm³/mol. The van der Waals surface area contributed by atoms with E-state index in [0.717, 1.165) is 10.2 Å². The van der Waals surface area contributed by atoms with Gasteiger partial charge in [0.15, 0.2) is 0 Å². The molecular weight excluding hydrogens is 280 g/mol. The van der Waals surface area contributed by atoms with Crippen LogP contribution in [0.2, 0.25) is 0 Å². The Bertz CT molecular complexity index is 478. The number of hydrogen-bond donors (Lipinski definition) is 0. The largest absolute Gasteiger partial charge is 0.496 e. The van der Waals surface area contributed by atoms with Crippen LogP contribution in [0, 0.1) is 20.8 Å². The van der Waals surface area contributed by atoms with Gasteiger partial charge in [-0.25, -0.2) is 0 Å². The van der Waals surface area contributed by atoms with Gasteiger partial charge >= 0.3 is 0 Å². The zero-order valence-corrected chi connectivity index (χ0v) is 12.9. The summed E-state index contributed by atoms with van der Waals surface area (Å²) < 4.78 is 12.5. The van der Waals surface area contributed by atoms with E-state index < -0.39 is 0 Å². The first-order chi connectivity index (χ1) is 7.81. The third-order valence-corrected chi connectivity index (χ3v) is 4.86. The van der Waals surface area contributed by atoms with Gasteiger partial charge in [0, 0.05) is 10.0 Å². The Balaban J connectivity index is 2.66. The van der Waals surface area contributed by atoms with Gasteiger partial charge in [-0.2, -0.15) is 0 Å². The summed E-state index contributed by atoms with van der Waals surface area (Å²) in [5, 5.41) is 0. The van der Waals surface area contributed by atoms with Crippen LogP contribution in [-0.4, -0.2) is 12.7 Å². The highest BCUT2D eigenvalue weighted by Crippen LogP contribution is 2.54. The second kappa shape index (κ2) is 3.99. The minimum Gasteiger partial charge on any atom is -0.496 e. The maximum absolute atomic E-state index is 5.76. The molecule has 0 radical (unpaired) electrons. The van der Waals surface area contributed by atoms with E-state index in [-0.39, 0.29) is 11.7 Å². The molecule has 1 aliphatic rings. The highest BCUT2D eigenvalue weighted by Gasteiger charge is 2.51. The van der Waals surface area contributed by atoms with Gasteiger partial charge in [-0.15, -0.1) is 0 Å². The normalized spacial score (nSPS) is 21.5. The number of halogens is 1. The molecule has 0 saturated carbocycles. The summed E-state index contributed by atoms with van der Waals surface area (Å²) in [6.45, 7) is 10.5. The van der Waals surface area contributed by atoms with Gasteiger partial charge < -0.3 is 9.47 Å². The summed E-state index contributed by atoms with van der Waals surface area (Å²) in [5.41, 5.74) is 4.76. The van der Waals surface area contributed by atoms with Crippen LogP contribution < -0.4 is 4.74 Å². The highest BCUT2D eigenvalue weighted by atomic mass is 79.9. The van der Waals surface area contributed by atoms with Crippen LogP contribution in [0.25, 0.3) is 0 Å². The monoisotopic (exact) mass is 298 g/mol. The van der Waals surface area contributed by atoms with Crippen molar-refractivity contribution in [2.45, 2.75) is 46.3 Å². The average Bonchev–Trinajstić information content (AvgIpc) is 2.89. The van der Waals surface area contributed by atoms with E-state index in [2.05, 4.69) is 50.5 Å². The summed E-state index contributed by atoms with van der Waals surface area (Å²) in [5.74, 6) is 0.971. The topological polar surface area (TPSA) is 21.8 Å². The Morgan fingerprint density at radius 3 is 2.06 bits per heavy atom. The molecule has 1 aromatic carbocycles. The number of benzene rings is 1. The molecule has 1 aliphatic heterocycles. The molecule has 0 aromatic heterocycles. The fraction of sp³-hybridized carbons (Fsp3) is 0.571. The minimum absolute atomic E-state index is 0.0703. The summed E-state index contributed by atoms with van der Waals surface area (Å²) in [6, 6.07) is 0. The number of ether oxygens (including phenoxy) is 2. The van der Waals surface area contributed by atoms with Crippen LogP contribution in [0.15, 0.2) is 4.47 Å². The van der Waals surface area contributed by atoms with Crippen LogP contribution in [0.3, 0.4) is 0 Å². The van der Waals surface area contributed by atoms with Crippen molar-refractivity contribution in [2.24, 2.45) is 0 Å². The van der Waals surface area contributed by atoms with Crippen molar-refractivity contribution in [3.05, 3.63) is 26.7 Å². The fourth-order valence-corrected chi connectivity index (χ4v) is 2.87. The molecule has 1 saturated heterocycles. The third kappa shape index (κ3) is 1.89. The van der Waals surface area contributed by atoms with Crippen molar-refractivity contribution in [3.63, 3.8) is 0 Å². The molecule has 0 aliphatic carbocycles. The standard InChI is InChI=1S/C14H19BrO2/c1-7-8(2)12(16-6)10(9(3)11(7)15)13-14(4,5)17-13/h13H,1-6H3. The molecule has 2 nitrogen and oxygen atoms in total. The second-order valence-electron chi connectivity index (χ2n) is 5.24. The Hall–Kier alpha value is -0.540. The third-order valence-electron chi connectivity index (χ3n) is 3.67. The number of rotatable bonds is 2. The quantitative estimate of drug-likeness (QED) is 0.762. The molecule has 0 N–H and O–H groups in total. The van der Waals surface area contributed by atoms with Crippen LogP contribution in [0.4, 0.5) is 0 Å². The van der Waals surface area contributed by atoms with Crippen LogP contribution in [0.5, 0.6) is 5.75 Å². The SMILES string of the molecule is COc1c(C)c(C)c(Br)c(C)c1C1OC1(C)C. The molecule has 0 amide bonds. The van der Waals surface area contributed by atoms with E-state index in [9.17, 15) is 0 Å². The van der Waals surface area contributed by atoms with Crippen LogP contribution in [-0.2, 0) is 4.74 Å². The van der Waals surface area contributed by atoms with E-state index in [1.54, 1.807) is 7.11 Å².